The van der Waals surface area contributed by atoms with Crippen LogP contribution in [-0.2, 0) is 0 Å². The van der Waals surface area contributed by atoms with Gasteiger partial charge in [-0.15, -0.1) is 6.58 Å². The van der Waals surface area contributed by atoms with Crippen molar-refractivity contribution in [2.75, 3.05) is 0 Å². The van der Waals surface area contributed by atoms with E-state index in [2.05, 4.69) is 68.1 Å². The Balaban J connectivity index is 2.04. The van der Waals surface area contributed by atoms with Crippen molar-refractivity contribution in [1.29, 1.82) is 0 Å². The normalized spacial score (nSPS) is 12.1. The van der Waals surface area contributed by atoms with Crippen LogP contribution in [0, 0.1) is 0 Å². The molecular formula is C19H22. The third-order valence-corrected chi connectivity index (χ3v) is 3.63. The molecule has 2 rings (SSSR count). The summed E-state index contributed by atoms with van der Waals surface area (Å²) in [6, 6.07) is 19.5. The molecule has 2 aromatic rings. The molecule has 1 atom stereocenters. The van der Waals surface area contributed by atoms with Crippen LogP contribution in [0.1, 0.15) is 37.7 Å². The highest BCUT2D eigenvalue weighted by atomic mass is 14.1. The average Bonchev–Trinajstić information content (AvgIpc) is 2.48. The minimum atomic E-state index is 0.629. The van der Waals surface area contributed by atoms with Gasteiger partial charge >= 0.3 is 0 Å². The summed E-state index contributed by atoms with van der Waals surface area (Å²) in [6.07, 6.45) is 5.58. The molecule has 0 spiro atoms. The quantitative estimate of drug-likeness (QED) is 0.448. The fraction of sp³-hybridized carbons (Fsp3) is 0.263. The topological polar surface area (TPSA) is 0 Å². The maximum absolute atomic E-state index is 3.78. The van der Waals surface area contributed by atoms with Crippen molar-refractivity contribution in [2.45, 2.75) is 32.1 Å². The maximum Gasteiger partial charge on any atom is -0.0184 e. The molecule has 0 N–H and O–H groups in total. The van der Waals surface area contributed by atoms with E-state index in [4.69, 9.17) is 0 Å². The summed E-state index contributed by atoms with van der Waals surface area (Å²) in [6.45, 7) is 6.08. The SMILES string of the molecule is C=CCCCC(C)c1ccc(-c2ccccc2)cc1. The Hall–Kier alpha value is -1.82. The van der Waals surface area contributed by atoms with Gasteiger partial charge in [-0.3, -0.25) is 0 Å². The van der Waals surface area contributed by atoms with Gasteiger partial charge in [0.15, 0.2) is 0 Å². The van der Waals surface area contributed by atoms with Gasteiger partial charge in [-0.1, -0.05) is 67.6 Å². The second-order valence-electron chi connectivity index (χ2n) is 5.11. The monoisotopic (exact) mass is 250 g/mol. The zero-order valence-electron chi connectivity index (χ0n) is 11.7. The number of benzene rings is 2. The van der Waals surface area contributed by atoms with Crippen LogP contribution in [0.2, 0.25) is 0 Å². The average molecular weight is 250 g/mol. The van der Waals surface area contributed by atoms with Gasteiger partial charge in [0.05, 0.1) is 0 Å². The molecule has 0 bridgehead atoms. The van der Waals surface area contributed by atoms with Crippen LogP contribution in [0.4, 0.5) is 0 Å². The molecule has 0 amide bonds. The van der Waals surface area contributed by atoms with Crippen molar-refractivity contribution < 1.29 is 0 Å². The third kappa shape index (κ3) is 3.82. The van der Waals surface area contributed by atoms with Crippen LogP contribution in [0.25, 0.3) is 11.1 Å². The lowest BCUT2D eigenvalue weighted by Gasteiger charge is -2.12. The molecule has 0 aliphatic rings. The highest BCUT2D eigenvalue weighted by Gasteiger charge is 2.05. The van der Waals surface area contributed by atoms with Gasteiger partial charge < -0.3 is 0 Å². The first-order chi connectivity index (χ1) is 9.31. The summed E-state index contributed by atoms with van der Waals surface area (Å²) in [5, 5.41) is 0. The predicted molar refractivity (Wildman–Crippen MR) is 84.3 cm³/mol. The molecule has 98 valence electrons. The molecule has 0 heteroatoms. The first-order valence-electron chi connectivity index (χ1n) is 7.07. The van der Waals surface area contributed by atoms with E-state index in [-0.39, 0.29) is 0 Å². The number of unbranched alkanes of at least 4 members (excludes halogenated alkanes) is 1. The second kappa shape index (κ2) is 6.94. The fourth-order valence-electron chi connectivity index (χ4n) is 2.37. The van der Waals surface area contributed by atoms with Crippen LogP contribution < -0.4 is 0 Å². The Morgan fingerprint density at radius 3 is 2.21 bits per heavy atom. The van der Waals surface area contributed by atoms with Gasteiger partial charge in [0, 0.05) is 0 Å². The summed E-state index contributed by atoms with van der Waals surface area (Å²) in [4.78, 5) is 0. The molecule has 0 aliphatic heterocycles. The van der Waals surface area contributed by atoms with E-state index in [9.17, 15) is 0 Å². The molecule has 0 aromatic heterocycles. The Labute approximate surface area is 116 Å². The van der Waals surface area contributed by atoms with Gasteiger partial charge in [0.2, 0.25) is 0 Å². The molecule has 0 saturated heterocycles. The lowest BCUT2D eigenvalue weighted by Crippen LogP contribution is -1.93. The van der Waals surface area contributed by atoms with Crippen LogP contribution in [0.15, 0.2) is 67.3 Å². The predicted octanol–water partition coefficient (Wildman–Crippen LogP) is 5.81. The van der Waals surface area contributed by atoms with Crippen molar-refractivity contribution >= 4 is 0 Å². The lowest BCUT2D eigenvalue weighted by atomic mass is 9.93. The minimum absolute atomic E-state index is 0.629. The van der Waals surface area contributed by atoms with Gasteiger partial charge in [0.1, 0.15) is 0 Å². The second-order valence-corrected chi connectivity index (χ2v) is 5.11. The molecular weight excluding hydrogens is 228 g/mol. The van der Waals surface area contributed by atoms with E-state index in [0.29, 0.717) is 5.92 Å². The highest BCUT2D eigenvalue weighted by molar-refractivity contribution is 5.63. The fourth-order valence-corrected chi connectivity index (χ4v) is 2.37. The molecule has 1 unspecified atom stereocenters. The van der Waals surface area contributed by atoms with Crippen LogP contribution in [-0.4, -0.2) is 0 Å². The molecule has 2 aromatic carbocycles. The summed E-state index contributed by atoms with van der Waals surface area (Å²) in [5.41, 5.74) is 4.01. The Morgan fingerprint density at radius 2 is 1.58 bits per heavy atom. The Morgan fingerprint density at radius 1 is 0.947 bits per heavy atom. The molecule has 0 aliphatic carbocycles. The van der Waals surface area contributed by atoms with E-state index in [1.54, 1.807) is 0 Å². The first kappa shape index (κ1) is 13.6. The largest absolute Gasteiger partial charge is 0.103 e. The highest BCUT2D eigenvalue weighted by Crippen LogP contribution is 2.25. The van der Waals surface area contributed by atoms with E-state index in [0.717, 1.165) is 6.42 Å². The van der Waals surface area contributed by atoms with E-state index >= 15 is 0 Å². The van der Waals surface area contributed by atoms with Gasteiger partial charge in [0.25, 0.3) is 0 Å². The standard InChI is InChI=1S/C19H22/c1-3-4-6-9-16(2)17-12-14-19(15-13-17)18-10-7-5-8-11-18/h3,5,7-8,10-16H,1,4,6,9H2,2H3. The molecule has 0 saturated carbocycles. The van der Waals surface area contributed by atoms with E-state index in [1.165, 1.54) is 29.5 Å². The maximum atomic E-state index is 3.78. The van der Waals surface area contributed by atoms with Crippen LogP contribution in [0.3, 0.4) is 0 Å². The summed E-state index contributed by atoms with van der Waals surface area (Å²) in [7, 11) is 0. The van der Waals surface area contributed by atoms with Gasteiger partial charge in [-0.2, -0.15) is 0 Å². The van der Waals surface area contributed by atoms with E-state index in [1.807, 2.05) is 6.08 Å². The molecule has 0 radical (unpaired) electrons. The van der Waals surface area contributed by atoms with Crippen molar-refractivity contribution in [1.82, 2.24) is 0 Å². The molecule has 19 heavy (non-hydrogen) atoms. The number of hydrogen-bond donors (Lipinski definition) is 0. The van der Waals surface area contributed by atoms with Crippen molar-refractivity contribution in [3.8, 4) is 11.1 Å². The van der Waals surface area contributed by atoms with Crippen molar-refractivity contribution in [2.24, 2.45) is 0 Å². The first-order valence-corrected chi connectivity index (χ1v) is 7.07. The van der Waals surface area contributed by atoms with Gasteiger partial charge in [-0.05, 0) is 41.9 Å². The van der Waals surface area contributed by atoms with E-state index < -0.39 is 0 Å². The van der Waals surface area contributed by atoms with Crippen LogP contribution in [0.5, 0.6) is 0 Å². The zero-order valence-corrected chi connectivity index (χ0v) is 11.7. The lowest BCUT2D eigenvalue weighted by molar-refractivity contribution is 0.640. The number of allylic oxidation sites excluding steroid dienone is 1. The Bertz CT molecular complexity index is 493. The number of hydrogen-bond acceptors (Lipinski definition) is 0. The molecule has 0 heterocycles. The zero-order chi connectivity index (χ0) is 13.5. The van der Waals surface area contributed by atoms with Crippen LogP contribution >= 0.6 is 0 Å². The smallest absolute Gasteiger partial charge is 0.0184 e. The molecule has 0 fully saturated rings. The Kier molecular flexibility index (Phi) is 4.97. The van der Waals surface area contributed by atoms with Crippen molar-refractivity contribution in [3.05, 3.63) is 72.8 Å². The number of rotatable bonds is 6. The molecule has 0 nitrogen and oxygen atoms in total. The summed E-state index contributed by atoms with van der Waals surface area (Å²) < 4.78 is 0. The summed E-state index contributed by atoms with van der Waals surface area (Å²) in [5.74, 6) is 0.629. The third-order valence-electron chi connectivity index (χ3n) is 3.63. The summed E-state index contributed by atoms with van der Waals surface area (Å²) >= 11 is 0. The van der Waals surface area contributed by atoms with Gasteiger partial charge in [-0.25, -0.2) is 0 Å². The minimum Gasteiger partial charge on any atom is -0.103 e. The van der Waals surface area contributed by atoms with Crippen molar-refractivity contribution in [3.63, 3.8) is 0 Å².